The first kappa shape index (κ1) is 19.0. The highest BCUT2D eigenvalue weighted by Crippen LogP contribution is 2.31. The van der Waals surface area contributed by atoms with E-state index in [4.69, 9.17) is 17.3 Å². The molecule has 2 aromatic carbocycles. The Balaban J connectivity index is 1.41. The molecule has 6 heteroatoms. The molecule has 4 nitrogen and oxygen atoms in total. The Bertz CT molecular complexity index is 885. The lowest BCUT2D eigenvalue weighted by Gasteiger charge is -2.40. The van der Waals surface area contributed by atoms with Gasteiger partial charge in [-0.05, 0) is 54.3 Å². The van der Waals surface area contributed by atoms with E-state index in [0.29, 0.717) is 10.7 Å². The molecule has 2 fully saturated rings. The number of likely N-dealkylation sites (tertiary alicyclic amines) is 1. The Labute approximate surface area is 169 Å². The Morgan fingerprint density at radius 3 is 2.46 bits per heavy atom. The molecule has 2 N–H and O–H groups in total. The van der Waals surface area contributed by atoms with Gasteiger partial charge in [0.1, 0.15) is 5.82 Å². The molecule has 146 valence electrons. The van der Waals surface area contributed by atoms with Crippen molar-refractivity contribution in [2.45, 2.75) is 31.5 Å². The molecule has 0 aromatic heterocycles. The number of halogens is 2. The number of hydrogen-bond donors (Lipinski definition) is 1. The van der Waals surface area contributed by atoms with Crippen molar-refractivity contribution >= 4 is 29.3 Å². The third kappa shape index (κ3) is 4.05. The zero-order chi connectivity index (χ0) is 19.7. The second-order valence-corrected chi connectivity index (χ2v) is 7.99. The zero-order valence-corrected chi connectivity index (χ0v) is 16.3. The van der Waals surface area contributed by atoms with Gasteiger partial charge >= 0.3 is 0 Å². The van der Waals surface area contributed by atoms with Gasteiger partial charge in [-0.25, -0.2) is 4.39 Å². The summed E-state index contributed by atoms with van der Waals surface area (Å²) < 4.78 is 13.1. The highest BCUT2D eigenvalue weighted by Gasteiger charge is 2.41. The van der Waals surface area contributed by atoms with Crippen LogP contribution in [0.4, 0.5) is 10.1 Å². The highest BCUT2D eigenvalue weighted by atomic mass is 35.5. The van der Waals surface area contributed by atoms with Crippen molar-refractivity contribution in [3.05, 3.63) is 70.5 Å². The van der Waals surface area contributed by atoms with Crippen molar-refractivity contribution in [3.63, 3.8) is 0 Å². The van der Waals surface area contributed by atoms with Crippen LogP contribution in [0.1, 0.15) is 24.0 Å². The summed E-state index contributed by atoms with van der Waals surface area (Å²) in [6.45, 7) is 2.47. The average Bonchev–Trinajstić information content (AvgIpc) is 2.93. The van der Waals surface area contributed by atoms with Crippen LogP contribution in [0.15, 0.2) is 48.5 Å². The number of rotatable bonds is 4. The van der Waals surface area contributed by atoms with Gasteiger partial charge < -0.3 is 10.6 Å². The van der Waals surface area contributed by atoms with E-state index in [2.05, 4.69) is 4.90 Å². The topological polar surface area (TPSA) is 49.6 Å². The number of piperazine rings is 1. The van der Waals surface area contributed by atoms with E-state index < -0.39 is 0 Å². The maximum atomic E-state index is 13.1. The molecule has 2 saturated heterocycles. The largest absolute Gasteiger partial charge is 0.398 e. The van der Waals surface area contributed by atoms with Crippen molar-refractivity contribution in [2.75, 3.05) is 18.8 Å². The van der Waals surface area contributed by atoms with Crippen LogP contribution in [0.3, 0.4) is 0 Å². The minimum absolute atomic E-state index is 0.0308. The number of anilines is 1. The number of nitrogens with two attached hydrogens (primary N) is 1. The number of benzene rings is 2. The summed E-state index contributed by atoms with van der Waals surface area (Å²) >= 11 is 5.92. The smallest absolute Gasteiger partial charge is 0.247 e. The number of hydrogen-bond acceptors (Lipinski definition) is 3. The SMILES string of the molecule is Nc1cc(Cl)ccc1C=CC(=O)N1C2CCC1CN(Cc1ccc(F)cc1)C2. The van der Waals surface area contributed by atoms with Crippen LogP contribution in [0.2, 0.25) is 5.02 Å². The predicted octanol–water partition coefficient (Wildman–Crippen LogP) is 3.95. The average molecular weight is 400 g/mol. The van der Waals surface area contributed by atoms with Gasteiger partial charge in [-0.1, -0.05) is 29.8 Å². The number of carbonyl (C=O) groups excluding carboxylic acids is 1. The summed E-state index contributed by atoms with van der Waals surface area (Å²) in [7, 11) is 0. The molecule has 1 amide bonds. The summed E-state index contributed by atoms with van der Waals surface area (Å²) in [6.07, 6.45) is 5.42. The maximum absolute atomic E-state index is 13.1. The summed E-state index contributed by atoms with van der Waals surface area (Å²) in [4.78, 5) is 17.2. The lowest BCUT2D eigenvalue weighted by molar-refractivity contribution is -0.131. The van der Waals surface area contributed by atoms with E-state index in [1.54, 1.807) is 24.3 Å². The quantitative estimate of drug-likeness (QED) is 0.625. The molecule has 0 saturated carbocycles. The van der Waals surface area contributed by atoms with Crippen molar-refractivity contribution < 1.29 is 9.18 Å². The second kappa shape index (κ2) is 7.94. The molecule has 2 unspecified atom stereocenters. The first-order valence-corrected chi connectivity index (χ1v) is 9.89. The normalized spacial score (nSPS) is 22.1. The summed E-state index contributed by atoms with van der Waals surface area (Å²) in [5, 5.41) is 0.580. The van der Waals surface area contributed by atoms with Gasteiger partial charge in [0, 0.05) is 48.5 Å². The molecule has 0 aliphatic carbocycles. The van der Waals surface area contributed by atoms with Crippen LogP contribution in [-0.2, 0) is 11.3 Å². The molecule has 4 rings (SSSR count). The van der Waals surface area contributed by atoms with Crippen LogP contribution in [0.5, 0.6) is 0 Å². The van der Waals surface area contributed by atoms with E-state index in [1.165, 1.54) is 12.1 Å². The number of carbonyl (C=O) groups is 1. The molecule has 0 radical (unpaired) electrons. The summed E-state index contributed by atoms with van der Waals surface area (Å²) in [6, 6.07) is 12.4. The van der Waals surface area contributed by atoms with Gasteiger partial charge in [-0.2, -0.15) is 0 Å². The van der Waals surface area contributed by atoms with Gasteiger partial charge in [0.05, 0.1) is 0 Å². The Morgan fingerprint density at radius 1 is 1.14 bits per heavy atom. The number of amides is 1. The van der Waals surface area contributed by atoms with Gasteiger partial charge in [0.25, 0.3) is 0 Å². The van der Waals surface area contributed by atoms with Crippen LogP contribution in [0.25, 0.3) is 6.08 Å². The summed E-state index contributed by atoms with van der Waals surface area (Å²) in [5.74, 6) is -0.185. The monoisotopic (exact) mass is 399 g/mol. The number of nitrogens with zero attached hydrogens (tertiary/aromatic N) is 2. The van der Waals surface area contributed by atoms with Crippen molar-refractivity contribution in [2.24, 2.45) is 0 Å². The highest BCUT2D eigenvalue weighted by molar-refractivity contribution is 6.30. The first-order valence-electron chi connectivity index (χ1n) is 9.52. The van der Waals surface area contributed by atoms with Gasteiger partial charge in [0.2, 0.25) is 5.91 Å². The van der Waals surface area contributed by atoms with Crippen LogP contribution in [-0.4, -0.2) is 40.9 Å². The van der Waals surface area contributed by atoms with Gasteiger partial charge in [0.15, 0.2) is 0 Å². The Morgan fingerprint density at radius 2 is 1.82 bits per heavy atom. The Kier molecular flexibility index (Phi) is 5.38. The van der Waals surface area contributed by atoms with E-state index >= 15 is 0 Å². The molecule has 28 heavy (non-hydrogen) atoms. The van der Waals surface area contributed by atoms with Crippen LogP contribution >= 0.6 is 11.6 Å². The molecular weight excluding hydrogens is 377 g/mol. The third-order valence-electron chi connectivity index (χ3n) is 5.59. The van der Waals surface area contributed by atoms with E-state index in [9.17, 15) is 9.18 Å². The van der Waals surface area contributed by atoms with Crippen molar-refractivity contribution in [1.82, 2.24) is 9.80 Å². The fraction of sp³-hybridized carbons (Fsp3) is 0.318. The minimum atomic E-state index is -0.215. The van der Waals surface area contributed by atoms with E-state index in [0.717, 1.165) is 43.6 Å². The van der Waals surface area contributed by atoms with E-state index in [-0.39, 0.29) is 23.8 Å². The molecule has 2 heterocycles. The molecule has 2 aromatic rings. The van der Waals surface area contributed by atoms with Crippen LogP contribution in [0, 0.1) is 5.82 Å². The predicted molar refractivity (Wildman–Crippen MR) is 110 cm³/mol. The first-order chi connectivity index (χ1) is 13.5. The Hall–Kier alpha value is -2.37. The molecule has 2 aliphatic rings. The maximum Gasteiger partial charge on any atom is 0.247 e. The second-order valence-electron chi connectivity index (χ2n) is 7.56. The standard InChI is InChI=1S/C22H23ClFN3O/c23-17-5-3-16(21(25)11-17)4-10-22(28)27-19-8-9-20(27)14-26(13-19)12-15-1-6-18(24)7-2-15/h1-7,10-11,19-20H,8-9,12-14,25H2. The third-order valence-corrected chi connectivity index (χ3v) is 5.82. The summed E-state index contributed by atoms with van der Waals surface area (Å²) in [5.41, 5.74) is 8.41. The number of nitrogen functional groups attached to an aromatic ring is 1. The molecule has 2 bridgehead atoms. The lowest BCUT2D eigenvalue weighted by atomic mass is 10.1. The molecule has 0 spiro atoms. The molecular formula is C22H23ClFN3O. The molecule has 2 atom stereocenters. The fourth-order valence-corrected chi connectivity index (χ4v) is 4.45. The fourth-order valence-electron chi connectivity index (χ4n) is 4.27. The minimum Gasteiger partial charge on any atom is -0.398 e. The van der Waals surface area contributed by atoms with Crippen molar-refractivity contribution in [1.29, 1.82) is 0 Å². The van der Waals surface area contributed by atoms with Gasteiger partial charge in [-0.15, -0.1) is 0 Å². The van der Waals surface area contributed by atoms with Crippen molar-refractivity contribution in [3.8, 4) is 0 Å². The van der Waals surface area contributed by atoms with Gasteiger partial charge in [-0.3, -0.25) is 9.69 Å². The van der Waals surface area contributed by atoms with E-state index in [1.807, 2.05) is 23.1 Å². The molecule has 2 aliphatic heterocycles. The zero-order valence-electron chi connectivity index (χ0n) is 15.5. The number of fused-ring (bicyclic) bond motifs is 2. The lowest BCUT2D eigenvalue weighted by Crippen LogP contribution is -2.55. The van der Waals surface area contributed by atoms with Crippen LogP contribution < -0.4 is 5.73 Å².